The number of aliphatic hydroxyl groups is 1. The van der Waals surface area contributed by atoms with Crippen molar-refractivity contribution >= 4 is 112 Å². The Hall–Kier alpha value is -10.4. The molecule has 0 aliphatic carbocycles. The molecule has 0 saturated carbocycles. The van der Waals surface area contributed by atoms with Gasteiger partial charge in [-0.25, -0.2) is 19.6 Å². The number of aliphatic carboxylic acids is 1. The van der Waals surface area contributed by atoms with Gasteiger partial charge in [0, 0.05) is 44.8 Å². The van der Waals surface area contributed by atoms with Crippen LogP contribution >= 0.6 is 23.2 Å². The van der Waals surface area contributed by atoms with E-state index in [1.807, 2.05) is 91.0 Å². The van der Waals surface area contributed by atoms with E-state index in [1.165, 1.54) is 6.82 Å². The Morgan fingerprint density at radius 2 is 0.970 bits per heavy atom. The zero-order valence-electron chi connectivity index (χ0n) is 54.7. The number of carbonyl (C=O) groups is 6. The van der Waals surface area contributed by atoms with Gasteiger partial charge < -0.3 is 43.8 Å². The molecule has 0 amide bonds. The van der Waals surface area contributed by atoms with Gasteiger partial charge in [0.2, 0.25) is 5.60 Å². The van der Waals surface area contributed by atoms with E-state index in [2.05, 4.69) is 10.2 Å². The maximum absolute atomic E-state index is 13.4. The molecule has 30 heteroatoms. The number of rotatable bonds is 12. The molecule has 3 aromatic carbocycles. The predicted octanol–water partition coefficient (Wildman–Crippen LogP) is 7.02. The van der Waals surface area contributed by atoms with Gasteiger partial charge in [0.1, 0.15) is 13.2 Å². The summed E-state index contributed by atoms with van der Waals surface area (Å²) in [6.45, 7) is 8.31. The van der Waals surface area contributed by atoms with Gasteiger partial charge in [-0.2, -0.15) is 0 Å². The number of hydrogen-bond donors (Lipinski definition) is 4. The number of cyclic esters (lactones) is 3. The van der Waals surface area contributed by atoms with Crippen LogP contribution in [0.3, 0.4) is 0 Å². The third kappa shape index (κ3) is 13.0. The van der Waals surface area contributed by atoms with Crippen LogP contribution in [0.15, 0.2) is 129 Å². The van der Waals surface area contributed by atoms with Gasteiger partial charge in [-0.15, -0.1) is 23.2 Å². The number of carboxylic acid groups (broad SMARTS) is 1. The number of benzene rings is 3. The molecule has 4 N–H and O–H groups in total. The van der Waals surface area contributed by atoms with E-state index >= 15 is 0 Å². The predicted molar refractivity (Wildman–Crippen MR) is 367 cm³/mol. The number of hydrogen-bond acceptors (Lipinski definition) is 22. The number of esters is 5. The molecule has 26 nitrogen and oxygen atoms in total. The minimum atomic E-state index is -1.79. The largest absolute Gasteiger partial charge is 0.109 e. The molecule has 0 radical (unpaired) electrons. The number of carboxylic acids is 1. The second kappa shape index (κ2) is 29.2. The van der Waals surface area contributed by atoms with Crippen LogP contribution < -0.4 is 21.9 Å². The first kappa shape index (κ1) is 70.9. The van der Waals surface area contributed by atoms with E-state index in [1.54, 1.807) is 59.6 Å². The summed E-state index contributed by atoms with van der Waals surface area (Å²) in [6, 6.07) is 34.5. The fourth-order valence-electron chi connectivity index (χ4n) is 13.0. The van der Waals surface area contributed by atoms with Gasteiger partial charge in [-0.05, 0) is 62.1 Å². The SMILES string of the molecule is CB(O)NCC(=O)O.CCC(=O)O[C@]1(CC)C(=O)OCc2c1cc1n(c2=O)Cc2cc3ccccc3nc2-1.CC[C@@]1(O)C(=O)OCc2c1cc1n(c2=O)Cc2cc3ccccc3nc2-1.CC[C@@]1(OC(=O)CN=CB=O)C(=O)OCc2c1cc1n(c2=O)Cc2cc3ccccc3nc2-1.ClCCl. The standard InChI is InChI=1S/C23H18BN3O6.C23H20N2O5.C20H16N2O4.C3H8BNO3.CH2Cl2/c1-2-23(33-19(28)9-25-12-24-31)16-8-18-20-14(7-13-5-3-4-6-17(13)26-20)10-27(18)21(29)15(16)11-32-22(23)30;1-3-19(26)30-23(4-2)16-10-18-20-14(9-13-7-5-6-8-17(13)24-20)11-25(18)21(27)15(16)12-29-22(23)28;1-2-20(25)14-8-16-17-12(7-11-5-3-4-6-15(11)21-17)9-22(16)18(23)13(14)10-26-19(20)24;1-4(8)5-2-3(6)7;2-1-3/h3-8,12H,2,9-11H2,1H3;5-10H,3-4,11-12H2,1-2H3;3-8,25H,2,9-10H2,1H3;5,8H,2H2,1H3,(H,6,7);1H2/t2*23-;20-;;/m000../s1. The summed E-state index contributed by atoms with van der Waals surface area (Å²) in [7, 11) is -0.308. The Bertz CT molecular complexity index is 5100. The fourth-order valence-corrected chi connectivity index (χ4v) is 13.0. The third-order valence-corrected chi connectivity index (χ3v) is 18.0. The molecule has 100 heavy (non-hydrogen) atoms. The summed E-state index contributed by atoms with van der Waals surface area (Å²) in [6.07, 6.45) is 1.41. The Morgan fingerprint density at radius 1 is 0.600 bits per heavy atom. The molecule has 6 aromatic heterocycles. The maximum Gasteiger partial charge on any atom is 0.0967 e. The van der Waals surface area contributed by atoms with Crippen LogP contribution in [0.4, 0.5) is 0 Å². The summed E-state index contributed by atoms with van der Waals surface area (Å²) < 4.78 is 42.1. The number of aliphatic imine (C=N–C) groups is 1. The number of aromatic nitrogens is 6. The van der Waals surface area contributed by atoms with Crippen molar-refractivity contribution < 1.29 is 72.4 Å². The zero-order chi connectivity index (χ0) is 71.5. The number of ether oxygens (including phenoxy) is 5. The molecular formula is C70H64B2Cl2N8O18. The first-order valence-electron chi connectivity index (χ1n) is 31.9. The van der Waals surface area contributed by atoms with Crippen molar-refractivity contribution in [1.29, 1.82) is 0 Å². The monoisotopic (exact) mass is 1400 g/mol. The topological polar surface area (TPSA) is 355 Å². The van der Waals surface area contributed by atoms with E-state index < -0.39 is 66.2 Å². The summed E-state index contributed by atoms with van der Waals surface area (Å²) in [4.78, 5) is 130. The van der Waals surface area contributed by atoms with Crippen molar-refractivity contribution in [2.75, 3.05) is 18.4 Å². The van der Waals surface area contributed by atoms with E-state index in [9.17, 15) is 53.0 Å². The fraction of sp³-hybridized carbons (Fsp3) is 0.300. The van der Waals surface area contributed by atoms with Gasteiger partial charge in [0.15, 0.2) is 5.60 Å². The van der Waals surface area contributed by atoms with Crippen LogP contribution in [0.25, 0.3) is 66.9 Å². The zero-order valence-corrected chi connectivity index (χ0v) is 56.2. The Balaban J connectivity index is 0.000000141. The van der Waals surface area contributed by atoms with E-state index in [0.29, 0.717) is 83.1 Å². The molecule has 0 spiro atoms. The average Bonchev–Trinajstić information content (AvgIpc) is 1.45. The molecule has 0 fully saturated rings. The van der Waals surface area contributed by atoms with Crippen molar-refractivity contribution in [3.05, 3.63) is 190 Å². The molecule has 6 aliphatic heterocycles. The first-order chi connectivity index (χ1) is 48.0. The third-order valence-electron chi connectivity index (χ3n) is 18.0. The van der Waals surface area contributed by atoms with Gasteiger partial charge in [0.05, 0.1) is 69.9 Å². The summed E-state index contributed by atoms with van der Waals surface area (Å²) in [5, 5.41) is 32.7. The number of pyridine rings is 6. The number of nitrogens with one attached hydrogen (secondary N) is 1. The first-order valence-corrected chi connectivity index (χ1v) is 33.0. The average molecular weight is 1400 g/mol. The molecule has 9 aromatic rings. The summed E-state index contributed by atoms with van der Waals surface area (Å²) in [5.74, 6) is -4.41. The van der Waals surface area contributed by atoms with Crippen LogP contribution in [-0.4, -0.2) is 118 Å². The smallest absolute Gasteiger partial charge is 0.0967 e. The Kier molecular flexibility index (Phi) is 20.7. The van der Waals surface area contributed by atoms with Crippen molar-refractivity contribution in [2.45, 2.75) is 116 Å². The van der Waals surface area contributed by atoms with Crippen LogP contribution in [0.2, 0.25) is 6.82 Å². The number of alkyl halides is 2. The minimum absolute atomic E-state index is 0.0584. The second-order valence-corrected chi connectivity index (χ2v) is 24.6. The van der Waals surface area contributed by atoms with Gasteiger partial charge >= 0.3 is 189 Å². The van der Waals surface area contributed by atoms with Crippen molar-refractivity contribution in [1.82, 2.24) is 33.9 Å². The van der Waals surface area contributed by atoms with Crippen LogP contribution in [0, 0.1) is 0 Å². The molecule has 6 aliphatic rings. The number of carbonyl (C=O) groups excluding carboxylic acids is 5. The maximum atomic E-state index is 13.4. The van der Waals surface area contributed by atoms with Crippen molar-refractivity contribution in [3.63, 3.8) is 0 Å². The molecule has 0 unspecified atom stereocenters. The summed E-state index contributed by atoms with van der Waals surface area (Å²) >= 11 is 9.53. The van der Waals surface area contributed by atoms with E-state index in [0.717, 1.165) is 61.2 Å². The van der Waals surface area contributed by atoms with Crippen LogP contribution in [0.1, 0.15) is 103 Å². The number of para-hydroxylation sites is 3. The Labute approximate surface area is 579 Å². The van der Waals surface area contributed by atoms with Gasteiger partial charge in [-0.3, -0.25) is 19.2 Å². The normalized spacial score (nSPS) is 18.0. The molecule has 15 rings (SSSR count). The van der Waals surface area contributed by atoms with Crippen molar-refractivity contribution in [2.24, 2.45) is 4.99 Å². The van der Waals surface area contributed by atoms with E-state index in [-0.39, 0.29) is 79.6 Å². The molecule has 0 saturated heterocycles. The molecular weight excluding hydrogens is 1330 g/mol. The van der Waals surface area contributed by atoms with Crippen LogP contribution in [-0.2, 0) is 113 Å². The number of fused-ring (bicyclic) bond motifs is 15. The number of nitrogens with zero attached hydrogens (tertiary/aromatic N) is 7. The number of halogens is 2. The molecule has 3 atom stereocenters. The van der Waals surface area contributed by atoms with Crippen molar-refractivity contribution in [3.8, 4) is 34.2 Å². The molecule has 12 heterocycles. The quantitative estimate of drug-likeness (QED) is 0.0314. The van der Waals surface area contributed by atoms with Crippen LogP contribution in [0.5, 0.6) is 0 Å². The van der Waals surface area contributed by atoms with Gasteiger partial charge in [-0.1, -0.05) is 75.4 Å². The van der Waals surface area contributed by atoms with E-state index in [4.69, 9.17) is 72.0 Å². The van der Waals surface area contributed by atoms with Gasteiger partial charge in [0.25, 0.3) is 11.1 Å². The molecule has 0 bridgehead atoms. The molecule has 512 valence electrons. The second-order valence-electron chi connectivity index (χ2n) is 23.8. The summed E-state index contributed by atoms with van der Waals surface area (Å²) in [5.41, 5.74) is 5.16. The minimum Gasteiger partial charge on any atom is -0.109 e. The Morgan fingerprint density at radius 3 is 1.32 bits per heavy atom.